The lowest BCUT2D eigenvalue weighted by Crippen LogP contribution is -2.40. The molecule has 1 amide bonds. The van der Waals surface area contributed by atoms with E-state index in [0.29, 0.717) is 32.1 Å². The number of hydrogen-bond donors (Lipinski definition) is 1. The van der Waals surface area contributed by atoms with E-state index in [-0.39, 0.29) is 16.8 Å². The third-order valence-electron chi connectivity index (χ3n) is 4.04. The molecule has 0 unspecified atom stereocenters. The molecule has 1 aliphatic carbocycles. The normalized spacial score (nSPS) is 20.4. The van der Waals surface area contributed by atoms with E-state index < -0.39 is 16.1 Å². The molecule has 0 radical (unpaired) electrons. The van der Waals surface area contributed by atoms with Gasteiger partial charge in [-0.2, -0.15) is 4.31 Å². The van der Waals surface area contributed by atoms with Crippen LogP contribution in [0.1, 0.15) is 19.8 Å². The van der Waals surface area contributed by atoms with E-state index in [4.69, 9.17) is 9.47 Å². The van der Waals surface area contributed by atoms with Crippen molar-refractivity contribution in [2.45, 2.75) is 36.8 Å². The molecule has 1 N–H and O–H groups in total. The van der Waals surface area contributed by atoms with E-state index in [0.717, 1.165) is 12.8 Å². The van der Waals surface area contributed by atoms with Crippen LogP contribution in [-0.4, -0.2) is 57.1 Å². The summed E-state index contributed by atoms with van der Waals surface area (Å²) in [6.45, 7) is 3.22. The molecule has 0 bridgehead atoms. The molecule has 8 heteroatoms. The smallest absolute Gasteiger partial charge is 0.260 e. The number of carbonyl (C=O) groups excluding carboxylic acids is 1. The average Bonchev–Trinajstić information content (AvgIpc) is 3.40. The van der Waals surface area contributed by atoms with Crippen molar-refractivity contribution in [1.82, 2.24) is 9.62 Å². The maximum atomic E-state index is 12.5. The zero-order valence-corrected chi connectivity index (χ0v) is 14.4. The molecule has 2 aliphatic rings. The highest BCUT2D eigenvalue weighted by molar-refractivity contribution is 7.89. The van der Waals surface area contributed by atoms with E-state index in [1.165, 1.54) is 16.4 Å². The molecule has 1 heterocycles. The molecule has 1 aliphatic heterocycles. The van der Waals surface area contributed by atoms with Gasteiger partial charge in [0.15, 0.2) is 6.10 Å². The lowest BCUT2D eigenvalue weighted by atomic mass is 10.3. The molecule has 1 saturated carbocycles. The van der Waals surface area contributed by atoms with Crippen molar-refractivity contribution in [2.24, 2.45) is 0 Å². The highest BCUT2D eigenvalue weighted by Crippen LogP contribution is 2.22. The largest absolute Gasteiger partial charge is 0.481 e. The summed E-state index contributed by atoms with van der Waals surface area (Å²) in [4.78, 5) is 12.1. The van der Waals surface area contributed by atoms with Crippen molar-refractivity contribution < 1.29 is 22.7 Å². The van der Waals surface area contributed by atoms with Crippen LogP contribution in [0.3, 0.4) is 0 Å². The Balaban J connectivity index is 1.62. The van der Waals surface area contributed by atoms with Crippen LogP contribution in [0.4, 0.5) is 0 Å². The first-order valence-corrected chi connectivity index (χ1v) is 9.56. The zero-order valence-electron chi connectivity index (χ0n) is 13.6. The van der Waals surface area contributed by atoms with Crippen LogP contribution in [0.15, 0.2) is 29.2 Å². The Morgan fingerprint density at radius 3 is 2.46 bits per heavy atom. The van der Waals surface area contributed by atoms with Crippen molar-refractivity contribution in [3.05, 3.63) is 24.3 Å². The van der Waals surface area contributed by atoms with Gasteiger partial charge in [-0.05, 0) is 44.0 Å². The van der Waals surface area contributed by atoms with Crippen LogP contribution in [0.25, 0.3) is 0 Å². The van der Waals surface area contributed by atoms with Gasteiger partial charge in [0.2, 0.25) is 10.0 Å². The average molecular weight is 354 g/mol. The molecule has 1 aromatic carbocycles. The first-order chi connectivity index (χ1) is 11.5. The number of rotatable bonds is 6. The standard InChI is InChI=1S/C16H22N2O5S/c1-12(16(19)17-13-2-3-13)23-14-4-6-15(7-5-14)24(20,21)18-8-10-22-11-9-18/h4-7,12-13H,2-3,8-11H2,1H3,(H,17,19)/t12-/m0/s1. The van der Waals surface area contributed by atoms with Gasteiger partial charge in [0.05, 0.1) is 18.1 Å². The second-order valence-electron chi connectivity index (χ2n) is 6.03. The Bertz CT molecular complexity index is 679. The van der Waals surface area contributed by atoms with E-state index in [9.17, 15) is 13.2 Å². The minimum Gasteiger partial charge on any atom is -0.481 e. The van der Waals surface area contributed by atoms with Gasteiger partial charge in [-0.25, -0.2) is 8.42 Å². The molecule has 24 heavy (non-hydrogen) atoms. The van der Waals surface area contributed by atoms with Gasteiger partial charge in [-0.3, -0.25) is 4.79 Å². The van der Waals surface area contributed by atoms with Crippen LogP contribution in [-0.2, 0) is 19.6 Å². The molecule has 0 aromatic heterocycles. The Hall–Kier alpha value is -1.64. The molecule has 1 aromatic rings. The highest BCUT2D eigenvalue weighted by atomic mass is 32.2. The summed E-state index contributed by atoms with van der Waals surface area (Å²) in [6, 6.07) is 6.45. The second-order valence-corrected chi connectivity index (χ2v) is 7.97. The molecule has 3 rings (SSSR count). The fraction of sp³-hybridized carbons (Fsp3) is 0.562. The lowest BCUT2D eigenvalue weighted by molar-refractivity contribution is -0.127. The third kappa shape index (κ3) is 4.06. The number of carbonyl (C=O) groups is 1. The van der Waals surface area contributed by atoms with Gasteiger partial charge in [0.1, 0.15) is 5.75 Å². The number of sulfonamides is 1. The fourth-order valence-corrected chi connectivity index (χ4v) is 3.84. The Morgan fingerprint density at radius 2 is 1.88 bits per heavy atom. The number of nitrogens with one attached hydrogen (secondary N) is 1. The first-order valence-electron chi connectivity index (χ1n) is 8.12. The predicted octanol–water partition coefficient (Wildman–Crippen LogP) is 0.753. The first kappa shape index (κ1) is 17.2. The molecular weight excluding hydrogens is 332 g/mol. The second kappa shape index (κ2) is 7.08. The van der Waals surface area contributed by atoms with Crippen LogP contribution in [0.2, 0.25) is 0 Å². The Morgan fingerprint density at radius 1 is 1.25 bits per heavy atom. The third-order valence-corrected chi connectivity index (χ3v) is 5.95. The van der Waals surface area contributed by atoms with E-state index in [1.807, 2.05) is 0 Å². The summed E-state index contributed by atoms with van der Waals surface area (Å²) in [5, 5.41) is 2.87. The van der Waals surface area contributed by atoms with Crippen LogP contribution >= 0.6 is 0 Å². The van der Waals surface area contributed by atoms with Crippen LogP contribution < -0.4 is 10.1 Å². The Kier molecular flexibility index (Phi) is 5.07. The van der Waals surface area contributed by atoms with Crippen molar-refractivity contribution in [2.75, 3.05) is 26.3 Å². The van der Waals surface area contributed by atoms with E-state index in [1.54, 1.807) is 19.1 Å². The lowest BCUT2D eigenvalue weighted by Gasteiger charge is -2.26. The molecule has 1 saturated heterocycles. The summed E-state index contributed by atoms with van der Waals surface area (Å²) in [7, 11) is -3.51. The SMILES string of the molecule is C[C@H](Oc1ccc(S(=O)(=O)N2CCOCC2)cc1)C(=O)NC1CC1. The zero-order chi connectivity index (χ0) is 17.2. The van der Waals surface area contributed by atoms with Gasteiger partial charge in [0.25, 0.3) is 5.91 Å². The van der Waals surface area contributed by atoms with Crippen molar-refractivity contribution in [3.63, 3.8) is 0 Å². The molecule has 132 valence electrons. The molecule has 1 atom stereocenters. The van der Waals surface area contributed by atoms with E-state index in [2.05, 4.69) is 5.32 Å². The van der Waals surface area contributed by atoms with Gasteiger partial charge in [-0.1, -0.05) is 0 Å². The van der Waals surface area contributed by atoms with E-state index >= 15 is 0 Å². The number of amides is 1. The number of ether oxygens (including phenoxy) is 2. The maximum absolute atomic E-state index is 12.5. The molecule has 7 nitrogen and oxygen atoms in total. The van der Waals surface area contributed by atoms with Gasteiger partial charge in [0, 0.05) is 19.1 Å². The molecule has 0 spiro atoms. The number of nitrogens with zero attached hydrogens (tertiary/aromatic N) is 1. The topological polar surface area (TPSA) is 84.9 Å². The minimum absolute atomic E-state index is 0.150. The monoisotopic (exact) mass is 354 g/mol. The minimum atomic E-state index is -3.51. The summed E-state index contributed by atoms with van der Waals surface area (Å²) < 4.78 is 37.2. The fourth-order valence-electron chi connectivity index (χ4n) is 2.43. The summed E-state index contributed by atoms with van der Waals surface area (Å²) >= 11 is 0. The quantitative estimate of drug-likeness (QED) is 0.815. The summed E-state index contributed by atoms with van der Waals surface area (Å²) in [6.07, 6.45) is 1.42. The maximum Gasteiger partial charge on any atom is 0.260 e. The number of morpholine rings is 1. The van der Waals surface area contributed by atoms with Gasteiger partial charge >= 0.3 is 0 Å². The summed E-state index contributed by atoms with van der Waals surface area (Å²) in [5.41, 5.74) is 0. The number of hydrogen-bond acceptors (Lipinski definition) is 5. The Labute approximate surface area is 142 Å². The summed E-state index contributed by atoms with van der Waals surface area (Å²) in [5.74, 6) is 0.317. The van der Waals surface area contributed by atoms with Gasteiger partial charge < -0.3 is 14.8 Å². The molecular formula is C16H22N2O5S. The number of benzene rings is 1. The van der Waals surface area contributed by atoms with Crippen LogP contribution in [0.5, 0.6) is 5.75 Å². The van der Waals surface area contributed by atoms with Crippen molar-refractivity contribution in [3.8, 4) is 5.75 Å². The molecule has 2 fully saturated rings. The predicted molar refractivity (Wildman–Crippen MR) is 87.3 cm³/mol. The van der Waals surface area contributed by atoms with Crippen molar-refractivity contribution in [1.29, 1.82) is 0 Å². The van der Waals surface area contributed by atoms with Crippen LogP contribution in [0, 0.1) is 0 Å². The van der Waals surface area contributed by atoms with Gasteiger partial charge in [-0.15, -0.1) is 0 Å². The highest BCUT2D eigenvalue weighted by Gasteiger charge is 2.27. The van der Waals surface area contributed by atoms with Crippen molar-refractivity contribution >= 4 is 15.9 Å².